The van der Waals surface area contributed by atoms with Gasteiger partial charge in [-0.25, -0.2) is 0 Å². The van der Waals surface area contributed by atoms with E-state index >= 15 is 0 Å². The molecule has 3 rings (SSSR count). The molecule has 2 aromatic carbocycles. The lowest BCUT2D eigenvalue weighted by atomic mass is 9.79. The lowest BCUT2D eigenvalue weighted by molar-refractivity contribution is -0.0444. The van der Waals surface area contributed by atoms with E-state index in [0.29, 0.717) is 0 Å². The molecule has 20 heavy (non-hydrogen) atoms. The number of rotatable bonds is 2. The third-order valence-corrected chi connectivity index (χ3v) is 4.33. The molecule has 0 heterocycles. The first-order chi connectivity index (χ1) is 9.84. The molecule has 1 nitrogen and oxygen atoms in total. The van der Waals surface area contributed by atoms with Crippen LogP contribution in [0.2, 0.25) is 0 Å². The minimum atomic E-state index is -0.0394. The molecule has 0 spiro atoms. The number of hydrogen-bond acceptors (Lipinski definition) is 1. The topological polar surface area (TPSA) is 9.23 Å². The molecular weight excluding hydrogens is 244 g/mol. The van der Waals surface area contributed by atoms with Crippen LogP contribution in [0.3, 0.4) is 0 Å². The van der Waals surface area contributed by atoms with E-state index in [1.54, 1.807) is 0 Å². The quantitative estimate of drug-likeness (QED) is 0.683. The molecule has 2 aromatic rings. The largest absolute Gasteiger partial charge is 0.374 e. The maximum Gasteiger partial charge on any atom is 0.0927 e. The van der Waals surface area contributed by atoms with Crippen molar-refractivity contribution in [2.24, 2.45) is 0 Å². The van der Waals surface area contributed by atoms with Gasteiger partial charge in [-0.3, -0.25) is 0 Å². The SMILES string of the molecule is CC.COC1(c2ccc3ccccc3c2)CCCCC1. The Balaban J connectivity index is 0.000000704. The fourth-order valence-corrected chi connectivity index (χ4v) is 3.21. The van der Waals surface area contributed by atoms with Crippen molar-refractivity contribution in [3.63, 3.8) is 0 Å². The van der Waals surface area contributed by atoms with Gasteiger partial charge in [0.05, 0.1) is 5.60 Å². The second-order valence-electron chi connectivity index (χ2n) is 5.32. The maximum absolute atomic E-state index is 5.91. The molecule has 1 aliphatic rings. The lowest BCUT2D eigenvalue weighted by Crippen LogP contribution is -2.30. The third-order valence-electron chi connectivity index (χ3n) is 4.33. The fourth-order valence-electron chi connectivity index (χ4n) is 3.21. The van der Waals surface area contributed by atoms with Crippen LogP contribution >= 0.6 is 0 Å². The molecule has 0 atom stereocenters. The number of fused-ring (bicyclic) bond motifs is 1. The molecule has 1 heteroatoms. The summed E-state index contributed by atoms with van der Waals surface area (Å²) in [5.74, 6) is 0. The summed E-state index contributed by atoms with van der Waals surface area (Å²) in [4.78, 5) is 0. The van der Waals surface area contributed by atoms with Crippen LogP contribution in [-0.4, -0.2) is 7.11 Å². The van der Waals surface area contributed by atoms with E-state index in [1.807, 2.05) is 21.0 Å². The van der Waals surface area contributed by atoms with Crippen molar-refractivity contribution in [2.45, 2.75) is 51.6 Å². The first-order valence-corrected chi connectivity index (χ1v) is 7.88. The molecule has 0 amide bonds. The molecule has 0 aromatic heterocycles. The number of ether oxygens (including phenoxy) is 1. The van der Waals surface area contributed by atoms with Gasteiger partial charge in [-0.2, -0.15) is 0 Å². The van der Waals surface area contributed by atoms with Crippen molar-refractivity contribution < 1.29 is 4.74 Å². The zero-order chi connectivity index (χ0) is 14.4. The molecule has 0 aliphatic heterocycles. The van der Waals surface area contributed by atoms with Crippen molar-refractivity contribution in [2.75, 3.05) is 7.11 Å². The molecular formula is C19H26O. The number of benzene rings is 2. The minimum absolute atomic E-state index is 0.0394. The van der Waals surface area contributed by atoms with Crippen molar-refractivity contribution in [1.29, 1.82) is 0 Å². The van der Waals surface area contributed by atoms with Gasteiger partial charge in [-0.05, 0) is 35.2 Å². The minimum Gasteiger partial charge on any atom is -0.374 e. The standard InChI is InChI=1S/C17H20O.C2H6/c1-18-17(11-5-2-6-12-17)16-10-9-14-7-3-4-8-15(14)13-16;1-2/h3-4,7-10,13H,2,5-6,11-12H2,1H3;1-2H3. The van der Waals surface area contributed by atoms with Crippen LogP contribution in [0.25, 0.3) is 10.8 Å². The highest BCUT2D eigenvalue weighted by Crippen LogP contribution is 2.40. The van der Waals surface area contributed by atoms with Crippen LogP contribution in [0.5, 0.6) is 0 Å². The first kappa shape index (κ1) is 15.1. The van der Waals surface area contributed by atoms with Crippen LogP contribution in [-0.2, 0) is 10.3 Å². The second kappa shape index (κ2) is 6.90. The summed E-state index contributed by atoms with van der Waals surface area (Å²) in [5.41, 5.74) is 1.31. The Labute approximate surface area is 123 Å². The fraction of sp³-hybridized carbons (Fsp3) is 0.474. The van der Waals surface area contributed by atoms with Crippen LogP contribution < -0.4 is 0 Å². The molecule has 0 N–H and O–H groups in total. The van der Waals surface area contributed by atoms with E-state index in [2.05, 4.69) is 42.5 Å². The summed E-state index contributed by atoms with van der Waals surface area (Å²) in [7, 11) is 1.86. The van der Waals surface area contributed by atoms with Gasteiger partial charge in [0.1, 0.15) is 0 Å². The summed E-state index contributed by atoms with van der Waals surface area (Å²) < 4.78 is 5.91. The van der Waals surface area contributed by atoms with Crippen molar-refractivity contribution in [1.82, 2.24) is 0 Å². The summed E-state index contributed by atoms with van der Waals surface area (Å²) in [6.07, 6.45) is 6.21. The van der Waals surface area contributed by atoms with Crippen LogP contribution in [0.1, 0.15) is 51.5 Å². The summed E-state index contributed by atoms with van der Waals surface area (Å²) in [6, 6.07) is 15.3. The summed E-state index contributed by atoms with van der Waals surface area (Å²) in [6.45, 7) is 4.00. The van der Waals surface area contributed by atoms with E-state index < -0.39 is 0 Å². The monoisotopic (exact) mass is 270 g/mol. The highest BCUT2D eigenvalue weighted by molar-refractivity contribution is 5.83. The Morgan fingerprint density at radius 3 is 2.15 bits per heavy atom. The zero-order valence-corrected chi connectivity index (χ0v) is 13.0. The third kappa shape index (κ3) is 2.88. The van der Waals surface area contributed by atoms with E-state index in [1.165, 1.54) is 35.6 Å². The van der Waals surface area contributed by atoms with Crippen molar-refractivity contribution in [3.05, 3.63) is 48.0 Å². The van der Waals surface area contributed by atoms with Gasteiger partial charge in [-0.1, -0.05) is 69.5 Å². The Morgan fingerprint density at radius 1 is 0.850 bits per heavy atom. The van der Waals surface area contributed by atoms with Gasteiger partial charge in [-0.15, -0.1) is 0 Å². The summed E-state index contributed by atoms with van der Waals surface area (Å²) in [5, 5.41) is 2.63. The molecule has 108 valence electrons. The smallest absolute Gasteiger partial charge is 0.0927 e. The molecule has 0 unspecified atom stereocenters. The highest BCUT2D eigenvalue weighted by Gasteiger charge is 2.33. The Hall–Kier alpha value is -1.34. The molecule has 1 fully saturated rings. The molecule has 0 saturated heterocycles. The second-order valence-corrected chi connectivity index (χ2v) is 5.32. The van der Waals surface area contributed by atoms with Crippen molar-refractivity contribution >= 4 is 10.8 Å². The van der Waals surface area contributed by atoms with Crippen LogP contribution in [0.15, 0.2) is 42.5 Å². The maximum atomic E-state index is 5.91. The predicted molar refractivity (Wildman–Crippen MR) is 87.1 cm³/mol. The average Bonchev–Trinajstić information content (AvgIpc) is 2.57. The molecule has 1 aliphatic carbocycles. The zero-order valence-electron chi connectivity index (χ0n) is 13.0. The predicted octanol–water partition coefficient (Wildman–Crippen LogP) is 5.67. The number of hydrogen-bond donors (Lipinski definition) is 0. The van der Waals surface area contributed by atoms with E-state index in [9.17, 15) is 0 Å². The van der Waals surface area contributed by atoms with E-state index in [4.69, 9.17) is 4.74 Å². The normalized spacial score (nSPS) is 17.4. The Bertz CT molecular complexity index is 538. The molecule has 0 radical (unpaired) electrons. The Morgan fingerprint density at radius 2 is 1.50 bits per heavy atom. The highest BCUT2D eigenvalue weighted by atomic mass is 16.5. The molecule has 0 bridgehead atoms. The van der Waals surface area contributed by atoms with Crippen LogP contribution in [0.4, 0.5) is 0 Å². The van der Waals surface area contributed by atoms with E-state index in [0.717, 1.165) is 12.8 Å². The summed E-state index contributed by atoms with van der Waals surface area (Å²) >= 11 is 0. The molecule has 1 saturated carbocycles. The van der Waals surface area contributed by atoms with Gasteiger partial charge in [0.2, 0.25) is 0 Å². The van der Waals surface area contributed by atoms with Gasteiger partial charge in [0.15, 0.2) is 0 Å². The average molecular weight is 270 g/mol. The van der Waals surface area contributed by atoms with Gasteiger partial charge in [0, 0.05) is 7.11 Å². The van der Waals surface area contributed by atoms with Crippen molar-refractivity contribution in [3.8, 4) is 0 Å². The van der Waals surface area contributed by atoms with Gasteiger partial charge in [0.25, 0.3) is 0 Å². The lowest BCUT2D eigenvalue weighted by Gasteiger charge is -2.36. The van der Waals surface area contributed by atoms with Gasteiger partial charge < -0.3 is 4.74 Å². The first-order valence-electron chi connectivity index (χ1n) is 7.88. The Kier molecular flexibility index (Phi) is 5.19. The van der Waals surface area contributed by atoms with E-state index in [-0.39, 0.29) is 5.60 Å². The number of methoxy groups -OCH3 is 1. The van der Waals surface area contributed by atoms with Crippen LogP contribution in [0, 0.1) is 0 Å². The van der Waals surface area contributed by atoms with Gasteiger partial charge >= 0.3 is 0 Å².